The summed E-state index contributed by atoms with van der Waals surface area (Å²) in [5.74, 6) is 1.34. The van der Waals surface area contributed by atoms with Gasteiger partial charge in [0, 0.05) is 18.0 Å². The molecule has 106 valence electrons. The average Bonchev–Trinajstić information content (AvgIpc) is 2.87. The number of carbonyl (C=O) groups excluding carboxylic acids is 1. The number of benzene rings is 1. The van der Waals surface area contributed by atoms with Gasteiger partial charge in [-0.25, -0.2) is 9.97 Å². The Bertz CT molecular complexity index is 837. The maximum Gasteiger partial charge on any atom is 0.234 e. The number of nitrogens with zero attached hydrogens (tertiary/aromatic N) is 3. The van der Waals surface area contributed by atoms with E-state index in [1.807, 2.05) is 26.0 Å². The Hall–Kier alpha value is -2.69. The van der Waals surface area contributed by atoms with E-state index in [0.29, 0.717) is 17.2 Å². The van der Waals surface area contributed by atoms with E-state index in [0.717, 1.165) is 28.7 Å². The minimum atomic E-state index is 0.505. The second-order valence-electron chi connectivity index (χ2n) is 4.89. The van der Waals surface area contributed by atoms with Crippen LogP contribution < -0.4 is 4.74 Å². The van der Waals surface area contributed by atoms with Crippen molar-refractivity contribution in [3.05, 3.63) is 47.4 Å². The summed E-state index contributed by atoms with van der Waals surface area (Å²) < 4.78 is 7.02. The van der Waals surface area contributed by atoms with Gasteiger partial charge in [-0.1, -0.05) is 0 Å². The van der Waals surface area contributed by atoms with Crippen LogP contribution in [-0.4, -0.2) is 27.8 Å². The van der Waals surface area contributed by atoms with Gasteiger partial charge in [0.1, 0.15) is 17.1 Å². The molecule has 0 radical (unpaired) electrons. The summed E-state index contributed by atoms with van der Waals surface area (Å²) >= 11 is 0. The van der Waals surface area contributed by atoms with Gasteiger partial charge in [0.2, 0.25) is 5.78 Å². The molecule has 21 heavy (non-hydrogen) atoms. The van der Waals surface area contributed by atoms with Gasteiger partial charge >= 0.3 is 0 Å². The first-order valence-electron chi connectivity index (χ1n) is 6.59. The maximum atomic E-state index is 11.5. The van der Waals surface area contributed by atoms with E-state index < -0.39 is 0 Å². The Morgan fingerprint density at radius 3 is 2.76 bits per heavy atom. The fourth-order valence-corrected chi connectivity index (χ4v) is 2.48. The molecule has 3 aromatic rings. The number of hydrogen-bond donors (Lipinski definition) is 0. The monoisotopic (exact) mass is 281 g/mol. The first-order valence-corrected chi connectivity index (χ1v) is 6.59. The number of imidazole rings is 1. The smallest absolute Gasteiger partial charge is 0.234 e. The average molecular weight is 281 g/mol. The molecule has 0 aliphatic carbocycles. The molecule has 0 bridgehead atoms. The molecule has 0 aliphatic rings. The molecular weight excluding hydrogens is 266 g/mol. The SMILES string of the molecule is COc1cc(C)c(-c2nc3ncccn3c2C=O)cc1C. The molecule has 0 atom stereocenters. The van der Waals surface area contributed by atoms with E-state index in [-0.39, 0.29) is 0 Å². The quantitative estimate of drug-likeness (QED) is 0.693. The van der Waals surface area contributed by atoms with Crippen molar-refractivity contribution in [2.45, 2.75) is 13.8 Å². The fraction of sp³-hybridized carbons (Fsp3) is 0.188. The van der Waals surface area contributed by atoms with Crippen molar-refractivity contribution < 1.29 is 9.53 Å². The maximum absolute atomic E-state index is 11.5. The Morgan fingerprint density at radius 1 is 1.24 bits per heavy atom. The van der Waals surface area contributed by atoms with Crippen molar-refractivity contribution in [2.24, 2.45) is 0 Å². The van der Waals surface area contributed by atoms with Gasteiger partial charge in [0.15, 0.2) is 6.29 Å². The minimum absolute atomic E-state index is 0.505. The van der Waals surface area contributed by atoms with Crippen LogP contribution in [0.4, 0.5) is 0 Å². The van der Waals surface area contributed by atoms with Crippen molar-refractivity contribution in [1.29, 1.82) is 0 Å². The zero-order chi connectivity index (χ0) is 15.0. The number of methoxy groups -OCH3 is 1. The second-order valence-corrected chi connectivity index (χ2v) is 4.89. The third-order valence-corrected chi connectivity index (χ3v) is 3.55. The van der Waals surface area contributed by atoms with E-state index in [4.69, 9.17) is 4.74 Å². The second kappa shape index (κ2) is 5.01. The fourth-order valence-electron chi connectivity index (χ4n) is 2.48. The van der Waals surface area contributed by atoms with Crippen molar-refractivity contribution >= 4 is 12.1 Å². The number of aldehydes is 1. The molecule has 2 aromatic heterocycles. The zero-order valence-corrected chi connectivity index (χ0v) is 12.1. The van der Waals surface area contributed by atoms with Crippen LogP contribution >= 0.6 is 0 Å². The molecule has 3 rings (SSSR count). The number of carbonyl (C=O) groups is 1. The summed E-state index contributed by atoms with van der Waals surface area (Å²) in [6.45, 7) is 3.94. The summed E-state index contributed by atoms with van der Waals surface area (Å²) in [6, 6.07) is 5.72. The van der Waals surface area contributed by atoms with Crippen molar-refractivity contribution in [3.63, 3.8) is 0 Å². The van der Waals surface area contributed by atoms with E-state index in [9.17, 15) is 4.79 Å². The number of hydrogen-bond acceptors (Lipinski definition) is 4. The molecular formula is C16H15N3O2. The third-order valence-electron chi connectivity index (χ3n) is 3.55. The van der Waals surface area contributed by atoms with Crippen LogP contribution in [0.2, 0.25) is 0 Å². The molecule has 0 spiro atoms. The van der Waals surface area contributed by atoms with E-state index in [2.05, 4.69) is 9.97 Å². The Labute approximate surface area is 122 Å². The lowest BCUT2D eigenvalue weighted by atomic mass is 10.0. The van der Waals surface area contributed by atoms with Crippen molar-refractivity contribution in [1.82, 2.24) is 14.4 Å². The highest BCUT2D eigenvalue weighted by Crippen LogP contribution is 2.31. The summed E-state index contributed by atoms with van der Waals surface area (Å²) in [4.78, 5) is 20.2. The van der Waals surface area contributed by atoms with Gasteiger partial charge < -0.3 is 4.74 Å². The van der Waals surface area contributed by atoms with Crippen LogP contribution in [-0.2, 0) is 0 Å². The topological polar surface area (TPSA) is 56.5 Å². The number of aromatic nitrogens is 3. The van der Waals surface area contributed by atoms with Gasteiger partial charge in [0.25, 0.3) is 0 Å². The van der Waals surface area contributed by atoms with Crippen LogP contribution in [0.15, 0.2) is 30.6 Å². The van der Waals surface area contributed by atoms with Gasteiger partial charge in [-0.05, 0) is 43.2 Å². The van der Waals surface area contributed by atoms with E-state index in [1.165, 1.54) is 0 Å². The van der Waals surface area contributed by atoms with Crippen molar-refractivity contribution in [3.8, 4) is 17.0 Å². The van der Waals surface area contributed by atoms with Gasteiger partial charge in [-0.3, -0.25) is 9.20 Å². The number of rotatable bonds is 3. The van der Waals surface area contributed by atoms with Crippen molar-refractivity contribution in [2.75, 3.05) is 7.11 Å². The Balaban J connectivity index is 2.30. The van der Waals surface area contributed by atoms with E-state index in [1.54, 1.807) is 30.0 Å². The zero-order valence-electron chi connectivity index (χ0n) is 12.1. The summed E-state index contributed by atoms with van der Waals surface area (Å²) in [5, 5.41) is 0. The molecule has 5 nitrogen and oxygen atoms in total. The van der Waals surface area contributed by atoms with Crippen LogP contribution in [0.1, 0.15) is 21.6 Å². The molecule has 0 aliphatic heterocycles. The highest BCUT2D eigenvalue weighted by atomic mass is 16.5. The molecule has 0 unspecified atom stereocenters. The molecule has 5 heteroatoms. The number of ether oxygens (including phenoxy) is 1. The molecule has 0 saturated carbocycles. The predicted octanol–water partition coefficient (Wildman–Crippen LogP) is 2.83. The summed E-state index contributed by atoms with van der Waals surface area (Å²) in [5.41, 5.74) is 4.07. The summed E-state index contributed by atoms with van der Waals surface area (Å²) in [7, 11) is 1.65. The third kappa shape index (κ3) is 2.07. The minimum Gasteiger partial charge on any atom is -0.496 e. The lowest BCUT2D eigenvalue weighted by Gasteiger charge is -2.10. The molecule has 0 saturated heterocycles. The lowest BCUT2D eigenvalue weighted by Crippen LogP contribution is -1.95. The molecule has 0 fully saturated rings. The number of aryl methyl sites for hydroxylation is 2. The van der Waals surface area contributed by atoms with Gasteiger partial charge in [-0.15, -0.1) is 0 Å². The predicted molar refractivity (Wildman–Crippen MR) is 79.8 cm³/mol. The first kappa shape index (κ1) is 13.3. The molecule has 0 N–H and O–H groups in total. The highest BCUT2D eigenvalue weighted by Gasteiger charge is 2.17. The number of fused-ring (bicyclic) bond motifs is 1. The standard InChI is InChI=1S/C16H15N3O2/c1-10-8-14(21-3)11(2)7-12(10)15-13(9-20)19-6-4-5-17-16(19)18-15/h4-9H,1-3H3. The van der Waals surface area contributed by atoms with Gasteiger partial charge in [-0.2, -0.15) is 0 Å². The Kier molecular flexibility index (Phi) is 3.17. The largest absolute Gasteiger partial charge is 0.496 e. The van der Waals surface area contributed by atoms with Crippen LogP contribution in [0.25, 0.3) is 17.0 Å². The Morgan fingerprint density at radius 2 is 2.05 bits per heavy atom. The lowest BCUT2D eigenvalue weighted by molar-refractivity contribution is 0.111. The van der Waals surface area contributed by atoms with Crippen LogP contribution in [0, 0.1) is 13.8 Å². The molecule has 0 amide bonds. The molecule has 1 aromatic carbocycles. The van der Waals surface area contributed by atoms with E-state index >= 15 is 0 Å². The first-order chi connectivity index (χ1) is 10.2. The molecule has 2 heterocycles. The summed E-state index contributed by atoms with van der Waals surface area (Å²) in [6.07, 6.45) is 4.26. The normalized spacial score (nSPS) is 10.8. The van der Waals surface area contributed by atoms with Crippen LogP contribution in [0.3, 0.4) is 0 Å². The van der Waals surface area contributed by atoms with Gasteiger partial charge in [0.05, 0.1) is 7.11 Å². The highest BCUT2D eigenvalue weighted by molar-refractivity contribution is 5.87. The van der Waals surface area contributed by atoms with Crippen LogP contribution in [0.5, 0.6) is 5.75 Å².